The molecule has 0 saturated carbocycles. The summed E-state index contributed by atoms with van der Waals surface area (Å²) in [5, 5.41) is 26.7. The summed E-state index contributed by atoms with van der Waals surface area (Å²) in [5.74, 6) is -1.74. The van der Waals surface area contributed by atoms with Crippen molar-refractivity contribution in [1.82, 2.24) is 20.6 Å². The zero-order valence-electron chi connectivity index (χ0n) is 25.2. The van der Waals surface area contributed by atoms with E-state index in [1.54, 1.807) is 30.3 Å². The highest BCUT2D eigenvalue weighted by molar-refractivity contribution is 6.58. The minimum Gasteiger partial charge on any atom is -0.423 e. The molecule has 3 aromatic carbocycles. The zero-order valence-corrected chi connectivity index (χ0v) is 25.2. The average molecular weight is 671 g/mol. The molecule has 17 heteroatoms. The summed E-state index contributed by atoms with van der Waals surface area (Å²) >= 11 is 0. The number of nitrogens with one attached hydrogen (secondary N) is 3. The van der Waals surface area contributed by atoms with Gasteiger partial charge in [-0.15, -0.1) is 13.2 Å². The molecule has 0 saturated heterocycles. The summed E-state index contributed by atoms with van der Waals surface area (Å²) in [4.78, 5) is 33.5. The van der Waals surface area contributed by atoms with Gasteiger partial charge in [0.05, 0.1) is 32.1 Å². The molecule has 1 aromatic heterocycles. The number of rotatable bonds is 16. The van der Waals surface area contributed by atoms with E-state index in [-0.39, 0.29) is 56.7 Å². The van der Waals surface area contributed by atoms with Crippen LogP contribution in [0.5, 0.6) is 5.75 Å². The third-order valence-corrected chi connectivity index (χ3v) is 6.45. The third kappa shape index (κ3) is 11.0. The molecule has 0 aliphatic heterocycles. The van der Waals surface area contributed by atoms with E-state index in [1.165, 1.54) is 36.7 Å². The van der Waals surface area contributed by atoms with Gasteiger partial charge in [0.25, 0.3) is 11.8 Å². The summed E-state index contributed by atoms with van der Waals surface area (Å²) in [6, 6.07) is 16.8. The number of ether oxygens (including phenoxy) is 3. The fraction of sp³-hybridized carbons (Fsp3) is 0.226. The first kappa shape index (κ1) is 35.8. The number of amides is 2. The number of halogens is 4. The molecule has 4 aromatic rings. The lowest BCUT2D eigenvalue weighted by Gasteiger charge is -2.12. The molecule has 5 N–H and O–H groups in total. The number of carbonyl (C=O) groups is 2. The monoisotopic (exact) mass is 671 g/mol. The molecule has 0 unspecified atom stereocenters. The van der Waals surface area contributed by atoms with Crippen molar-refractivity contribution >= 4 is 35.9 Å². The van der Waals surface area contributed by atoms with Gasteiger partial charge in [0.15, 0.2) is 0 Å². The molecule has 0 bridgehead atoms. The number of hydrogen-bond donors (Lipinski definition) is 5. The first-order valence-corrected chi connectivity index (χ1v) is 14.4. The molecule has 0 radical (unpaired) electrons. The Labute approximate surface area is 272 Å². The second-order valence-corrected chi connectivity index (χ2v) is 9.88. The Morgan fingerprint density at radius 1 is 0.812 bits per heavy atom. The van der Waals surface area contributed by atoms with Crippen LogP contribution in [0.3, 0.4) is 0 Å². The van der Waals surface area contributed by atoms with E-state index in [0.717, 1.165) is 12.1 Å². The number of aromatic nitrogens is 2. The molecular formula is C31H30BF4N5O7. The first-order valence-electron chi connectivity index (χ1n) is 14.4. The molecule has 0 fully saturated rings. The van der Waals surface area contributed by atoms with E-state index in [1.807, 2.05) is 0 Å². The Morgan fingerprint density at radius 2 is 1.48 bits per heavy atom. The van der Waals surface area contributed by atoms with E-state index in [2.05, 4.69) is 30.7 Å². The number of nitrogens with zero attached hydrogens (tertiary/aromatic N) is 2. The van der Waals surface area contributed by atoms with Crippen molar-refractivity contribution < 1.29 is 51.4 Å². The number of alkyl halides is 3. The quantitative estimate of drug-likeness (QED) is 0.0680. The number of hydrogen-bond acceptors (Lipinski definition) is 10. The van der Waals surface area contributed by atoms with E-state index >= 15 is 0 Å². The molecule has 0 aliphatic carbocycles. The lowest BCUT2D eigenvalue weighted by Crippen LogP contribution is -2.35. The average Bonchev–Trinajstić information content (AvgIpc) is 3.06. The molecular weight excluding hydrogens is 641 g/mol. The molecule has 4 rings (SSSR count). The minimum atomic E-state index is -4.79. The van der Waals surface area contributed by atoms with Crippen LogP contribution in [0.1, 0.15) is 20.7 Å². The van der Waals surface area contributed by atoms with Gasteiger partial charge in [-0.2, -0.15) is 0 Å². The Hall–Kier alpha value is -5.10. The van der Waals surface area contributed by atoms with Crippen LogP contribution in [0, 0.1) is 5.82 Å². The van der Waals surface area contributed by atoms with Crippen LogP contribution in [0.2, 0.25) is 0 Å². The maximum atomic E-state index is 13.6. The van der Waals surface area contributed by atoms with Gasteiger partial charge in [0, 0.05) is 47.0 Å². The molecule has 12 nitrogen and oxygen atoms in total. The van der Waals surface area contributed by atoms with Gasteiger partial charge in [-0.25, -0.2) is 14.4 Å². The number of benzene rings is 3. The first-order chi connectivity index (χ1) is 23.0. The van der Waals surface area contributed by atoms with Crippen LogP contribution in [0.4, 0.5) is 29.1 Å². The Morgan fingerprint density at radius 3 is 2.15 bits per heavy atom. The maximum Gasteiger partial charge on any atom is 0.573 e. The minimum absolute atomic E-state index is 0.0666. The van der Waals surface area contributed by atoms with Crippen molar-refractivity contribution in [2.45, 2.75) is 6.36 Å². The molecule has 0 aliphatic rings. The fourth-order valence-corrected chi connectivity index (χ4v) is 4.24. The van der Waals surface area contributed by atoms with Gasteiger partial charge in [-0.1, -0.05) is 18.2 Å². The molecule has 0 atom stereocenters. The van der Waals surface area contributed by atoms with Crippen molar-refractivity contribution in [3.63, 3.8) is 0 Å². The van der Waals surface area contributed by atoms with E-state index in [4.69, 9.17) is 19.5 Å². The molecule has 2 amide bonds. The molecule has 0 spiro atoms. The highest BCUT2D eigenvalue weighted by Gasteiger charge is 2.31. The standard InChI is InChI=1S/C31H30BF4N5O7/c33-26-10-5-20(17-25(26)32(44)45)29(42)37-11-13-46-15-16-47-14-12-38-30(43)24-4-2-1-3-23(24)27-18-28(40-19-39-27)41-21-6-8-22(9-7-21)48-31(34,35)36/h1-10,17-19,44-45H,11-16H2,(H,37,42)(H,38,43)(H,39,40,41). The molecule has 252 valence electrons. The normalized spacial score (nSPS) is 11.1. The van der Waals surface area contributed by atoms with Crippen molar-refractivity contribution in [1.29, 1.82) is 0 Å². The topological polar surface area (TPSA) is 164 Å². The molecule has 48 heavy (non-hydrogen) atoms. The zero-order chi connectivity index (χ0) is 34.5. The lowest BCUT2D eigenvalue weighted by atomic mass is 9.79. The van der Waals surface area contributed by atoms with Gasteiger partial charge in [-0.3, -0.25) is 9.59 Å². The molecule has 1 heterocycles. The van der Waals surface area contributed by atoms with Crippen LogP contribution < -0.4 is 26.2 Å². The summed E-state index contributed by atoms with van der Waals surface area (Å²) in [5.41, 5.74) is 1.44. The second kappa shape index (κ2) is 17.2. The lowest BCUT2D eigenvalue weighted by molar-refractivity contribution is -0.274. The van der Waals surface area contributed by atoms with Crippen molar-refractivity contribution in [2.75, 3.05) is 44.8 Å². The fourth-order valence-electron chi connectivity index (χ4n) is 4.24. The third-order valence-electron chi connectivity index (χ3n) is 6.45. The Bertz CT molecular complexity index is 1680. The van der Waals surface area contributed by atoms with Crippen LogP contribution in [0.25, 0.3) is 11.3 Å². The van der Waals surface area contributed by atoms with E-state index in [0.29, 0.717) is 28.3 Å². The van der Waals surface area contributed by atoms with Crippen molar-refractivity contribution in [3.8, 4) is 17.0 Å². The van der Waals surface area contributed by atoms with Crippen LogP contribution in [0.15, 0.2) is 79.1 Å². The highest BCUT2D eigenvalue weighted by Crippen LogP contribution is 2.27. The summed E-state index contributed by atoms with van der Waals surface area (Å²) in [6.07, 6.45) is -3.50. The van der Waals surface area contributed by atoms with Gasteiger partial charge in [0.1, 0.15) is 23.7 Å². The van der Waals surface area contributed by atoms with Gasteiger partial charge < -0.3 is 40.2 Å². The van der Waals surface area contributed by atoms with Crippen LogP contribution in [-0.4, -0.2) is 84.8 Å². The van der Waals surface area contributed by atoms with Crippen molar-refractivity contribution in [2.24, 2.45) is 0 Å². The van der Waals surface area contributed by atoms with E-state index < -0.39 is 30.7 Å². The SMILES string of the molecule is O=C(NCCOCCOCCNC(=O)c1ccccc1-c1cc(Nc2ccc(OC(F)(F)F)cc2)ncn1)c1ccc(F)c(B(O)O)c1. The van der Waals surface area contributed by atoms with Gasteiger partial charge in [-0.05, 0) is 48.5 Å². The largest absolute Gasteiger partial charge is 0.573 e. The predicted molar refractivity (Wildman–Crippen MR) is 166 cm³/mol. The highest BCUT2D eigenvalue weighted by atomic mass is 19.4. The van der Waals surface area contributed by atoms with E-state index in [9.17, 15) is 27.2 Å². The summed E-state index contributed by atoms with van der Waals surface area (Å²) in [7, 11) is -2.04. The number of anilines is 2. The van der Waals surface area contributed by atoms with Gasteiger partial charge in [0.2, 0.25) is 0 Å². The second-order valence-electron chi connectivity index (χ2n) is 9.88. The Balaban J connectivity index is 1.17. The van der Waals surface area contributed by atoms with Crippen LogP contribution >= 0.6 is 0 Å². The van der Waals surface area contributed by atoms with Crippen molar-refractivity contribution in [3.05, 3.63) is 96.1 Å². The maximum absolute atomic E-state index is 13.6. The summed E-state index contributed by atoms with van der Waals surface area (Å²) in [6.45, 7) is 1.18. The van der Waals surface area contributed by atoms with Crippen LogP contribution in [-0.2, 0) is 9.47 Å². The smallest absolute Gasteiger partial charge is 0.423 e. The summed E-state index contributed by atoms with van der Waals surface area (Å²) < 4.78 is 65.6. The van der Waals surface area contributed by atoms with Gasteiger partial charge >= 0.3 is 13.5 Å². The predicted octanol–water partition coefficient (Wildman–Crippen LogP) is 2.80. The number of carbonyl (C=O) groups excluding carboxylic acids is 2. The Kier molecular flexibility index (Phi) is 12.8.